The lowest BCUT2D eigenvalue weighted by Gasteiger charge is -2.23. The van der Waals surface area contributed by atoms with E-state index in [1.165, 1.54) is 4.90 Å². The van der Waals surface area contributed by atoms with Crippen LogP contribution in [0.3, 0.4) is 0 Å². The van der Waals surface area contributed by atoms with Crippen molar-refractivity contribution < 1.29 is 9.90 Å². The van der Waals surface area contributed by atoms with E-state index in [-0.39, 0.29) is 0 Å². The summed E-state index contributed by atoms with van der Waals surface area (Å²) in [7, 11) is 1.55. The van der Waals surface area contributed by atoms with Gasteiger partial charge in [-0.2, -0.15) is 0 Å². The Hall–Kier alpha value is -1.59. The van der Waals surface area contributed by atoms with E-state index < -0.39 is 18.2 Å². The summed E-state index contributed by atoms with van der Waals surface area (Å²) in [6, 6.07) is 5.99. The van der Waals surface area contributed by atoms with Crippen molar-refractivity contribution in [3.05, 3.63) is 29.8 Å². The number of aliphatic hydroxyl groups excluding tert-OH is 1. The Balaban J connectivity index is 3.14. The Labute approximate surface area is 94.7 Å². The second kappa shape index (κ2) is 4.96. The van der Waals surface area contributed by atoms with E-state index in [1.54, 1.807) is 38.2 Å². The Morgan fingerprint density at radius 2 is 2.00 bits per heavy atom. The van der Waals surface area contributed by atoms with Crippen LogP contribution in [-0.4, -0.2) is 24.2 Å². The maximum absolute atomic E-state index is 11.1. The van der Waals surface area contributed by atoms with Crippen LogP contribution in [0.1, 0.15) is 18.6 Å². The molecule has 0 heterocycles. The first-order chi connectivity index (χ1) is 7.45. The third kappa shape index (κ3) is 2.50. The topological polar surface area (TPSA) is 92.6 Å². The molecule has 0 aliphatic heterocycles. The van der Waals surface area contributed by atoms with Crippen molar-refractivity contribution in [3.8, 4) is 0 Å². The lowest BCUT2D eigenvalue weighted by atomic mass is 10.0. The van der Waals surface area contributed by atoms with Crippen molar-refractivity contribution in [2.75, 3.05) is 11.9 Å². The average molecular weight is 223 g/mol. The van der Waals surface area contributed by atoms with Crippen LogP contribution in [0.4, 0.5) is 10.5 Å². The van der Waals surface area contributed by atoms with Crippen molar-refractivity contribution in [1.29, 1.82) is 0 Å². The standard InChI is InChI=1S/C11H17N3O2/c1-7(12)10(15)8-5-3-4-6-9(8)14(2)11(13)16/h3-7,10,15H,12H2,1-2H3,(H2,13,16). The highest BCUT2D eigenvalue weighted by Crippen LogP contribution is 2.26. The molecule has 5 heteroatoms. The summed E-state index contributed by atoms with van der Waals surface area (Å²) >= 11 is 0. The molecule has 1 aromatic carbocycles. The van der Waals surface area contributed by atoms with E-state index in [1.807, 2.05) is 0 Å². The van der Waals surface area contributed by atoms with Crippen LogP contribution in [0.5, 0.6) is 0 Å². The zero-order valence-electron chi connectivity index (χ0n) is 9.42. The lowest BCUT2D eigenvalue weighted by Crippen LogP contribution is -2.34. The van der Waals surface area contributed by atoms with Crippen LogP contribution in [0, 0.1) is 0 Å². The van der Waals surface area contributed by atoms with E-state index in [0.29, 0.717) is 11.3 Å². The highest BCUT2D eigenvalue weighted by atomic mass is 16.3. The minimum absolute atomic E-state index is 0.414. The van der Waals surface area contributed by atoms with Gasteiger partial charge in [0.1, 0.15) is 0 Å². The van der Waals surface area contributed by atoms with E-state index >= 15 is 0 Å². The number of urea groups is 1. The van der Waals surface area contributed by atoms with Gasteiger partial charge in [0.25, 0.3) is 0 Å². The molecule has 5 nitrogen and oxygen atoms in total. The van der Waals surface area contributed by atoms with Gasteiger partial charge in [0.05, 0.1) is 11.8 Å². The number of nitrogens with zero attached hydrogens (tertiary/aromatic N) is 1. The predicted molar refractivity (Wildman–Crippen MR) is 63.0 cm³/mol. The van der Waals surface area contributed by atoms with Gasteiger partial charge in [-0.3, -0.25) is 4.90 Å². The number of carbonyl (C=O) groups is 1. The largest absolute Gasteiger partial charge is 0.387 e. The Kier molecular flexibility index (Phi) is 3.87. The quantitative estimate of drug-likeness (QED) is 0.699. The van der Waals surface area contributed by atoms with Crippen molar-refractivity contribution in [1.82, 2.24) is 0 Å². The van der Waals surface area contributed by atoms with Crippen LogP contribution >= 0.6 is 0 Å². The number of aliphatic hydroxyl groups is 1. The molecule has 5 N–H and O–H groups in total. The number of hydrogen-bond acceptors (Lipinski definition) is 3. The first-order valence-corrected chi connectivity index (χ1v) is 5.01. The summed E-state index contributed by atoms with van der Waals surface area (Å²) in [5.41, 5.74) is 12.0. The number of rotatable bonds is 3. The maximum Gasteiger partial charge on any atom is 0.319 e. The molecule has 2 atom stereocenters. The van der Waals surface area contributed by atoms with E-state index in [0.717, 1.165) is 0 Å². The van der Waals surface area contributed by atoms with Gasteiger partial charge in [-0.15, -0.1) is 0 Å². The van der Waals surface area contributed by atoms with E-state index in [2.05, 4.69) is 0 Å². The van der Waals surface area contributed by atoms with Gasteiger partial charge in [-0.1, -0.05) is 18.2 Å². The first-order valence-electron chi connectivity index (χ1n) is 5.01. The molecule has 16 heavy (non-hydrogen) atoms. The van der Waals surface area contributed by atoms with Gasteiger partial charge in [0.15, 0.2) is 0 Å². The number of amides is 2. The number of carbonyl (C=O) groups excluding carboxylic acids is 1. The van der Waals surface area contributed by atoms with Crippen molar-refractivity contribution in [2.45, 2.75) is 19.1 Å². The Morgan fingerprint density at radius 3 is 2.50 bits per heavy atom. The molecule has 0 aliphatic carbocycles. The minimum Gasteiger partial charge on any atom is -0.387 e. The summed E-state index contributed by atoms with van der Waals surface area (Å²) in [4.78, 5) is 12.4. The molecule has 2 amide bonds. The Morgan fingerprint density at radius 1 is 1.44 bits per heavy atom. The fraction of sp³-hybridized carbons (Fsp3) is 0.364. The molecule has 0 saturated heterocycles. The summed E-state index contributed by atoms with van der Waals surface area (Å²) in [5.74, 6) is 0. The zero-order valence-corrected chi connectivity index (χ0v) is 9.42. The molecular weight excluding hydrogens is 206 g/mol. The maximum atomic E-state index is 11.1. The molecule has 0 fully saturated rings. The van der Waals surface area contributed by atoms with Crippen LogP contribution in [0.15, 0.2) is 24.3 Å². The molecule has 0 saturated carbocycles. The third-order valence-electron chi connectivity index (χ3n) is 2.45. The van der Waals surface area contributed by atoms with Crippen molar-refractivity contribution in [3.63, 3.8) is 0 Å². The molecule has 88 valence electrons. The molecule has 0 aromatic heterocycles. The van der Waals surface area contributed by atoms with Crippen LogP contribution in [0.2, 0.25) is 0 Å². The van der Waals surface area contributed by atoms with Crippen molar-refractivity contribution in [2.24, 2.45) is 11.5 Å². The fourth-order valence-corrected chi connectivity index (χ4v) is 1.45. The number of nitrogens with two attached hydrogens (primary N) is 2. The molecule has 1 rings (SSSR count). The fourth-order valence-electron chi connectivity index (χ4n) is 1.45. The molecule has 0 radical (unpaired) electrons. The smallest absolute Gasteiger partial charge is 0.319 e. The van der Waals surface area contributed by atoms with Crippen LogP contribution in [-0.2, 0) is 0 Å². The molecule has 0 spiro atoms. The van der Waals surface area contributed by atoms with Gasteiger partial charge in [0.2, 0.25) is 0 Å². The zero-order chi connectivity index (χ0) is 12.3. The SMILES string of the molecule is CC(N)C(O)c1ccccc1N(C)C(N)=O. The van der Waals surface area contributed by atoms with E-state index in [4.69, 9.17) is 11.5 Å². The van der Waals surface area contributed by atoms with Gasteiger partial charge in [0, 0.05) is 18.7 Å². The molecule has 0 bridgehead atoms. The first kappa shape index (κ1) is 12.5. The molecule has 1 aromatic rings. The number of benzene rings is 1. The summed E-state index contributed by atoms with van der Waals surface area (Å²) in [6.07, 6.45) is -0.821. The second-order valence-corrected chi connectivity index (χ2v) is 3.76. The average Bonchev–Trinajstić information content (AvgIpc) is 2.26. The van der Waals surface area contributed by atoms with Gasteiger partial charge < -0.3 is 16.6 Å². The predicted octanol–water partition coefficient (Wildman–Crippen LogP) is 0.582. The van der Waals surface area contributed by atoms with Gasteiger partial charge in [-0.05, 0) is 13.0 Å². The van der Waals surface area contributed by atoms with E-state index in [9.17, 15) is 9.90 Å². The normalized spacial score (nSPS) is 14.2. The Bertz CT molecular complexity index is 379. The van der Waals surface area contributed by atoms with Crippen LogP contribution < -0.4 is 16.4 Å². The van der Waals surface area contributed by atoms with Crippen LogP contribution in [0.25, 0.3) is 0 Å². The number of anilines is 1. The number of hydrogen-bond donors (Lipinski definition) is 3. The summed E-state index contributed by atoms with van der Waals surface area (Å²) < 4.78 is 0. The third-order valence-corrected chi connectivity index (χ3v) is 2.45. The molecule has 0 aliphatic rings. The molecular formula is C11H17N3O2. The van der Waals surface area contributed by atoms with Gasteiger partial charge in [-0.25, -0.2) is 4.79 Å². The second-order valence-electron chi connectivity index (χ2n) is 3.76. The highest BCUT2D eigenvalue weighted by molar-refractivity contribution is 5.91. The molecule has 2 unspecified atom stereocenters. The number of primary amides is 1. The minimum atomic E-state index is -0.821. The monoisotopic (exact) mass is 223 g/mol. The summed E-state index contributed by atoms with van der Waals surface area (Å²) in [6.45, 7) is 1.70. The lowest BCUT2D eigenvalue weighted by molar-refractivity contribution is 0.154. The van der Waals surface area contributed by atoms with Gasteiger partial charge >= 0.3 is 6.03 Å². The van der Waals surface area contributed by atoms with Crippen molar-refractivity contribution >= 4 is 11.7 Å². The summed E-state index contributed by atoms with van der Waals surface area (Å²) in [5, 5.41) is 9.91. The number of para-hydroxylation sites is 1. The highest BCUT2D eigenvalue weighted by Gasteiger charge is 2.19.